The Morgan fingerprint density at radius 2 is 1.25 bits per heavy atom. The van der Waals surface area contributed by atoms with Crippen LogP contribution in [0.4, 0.5) is 0 Å². The van der Waals surface area contributed by atoms with Crippen molar-refractivity contribution >= 4 is 37.7 Å². The second-order valence-corrected chi connectivity index (χ2v) is 0. The van der Waals surface area contributed by atoms with Crippen molar-refractivity contribution in [3.05, 3.63) is 0 Å². The summed E-state index contributed by atoms with van der Waals surface area (Å²) in [4.78, 5) is 0. The van der Waals surface area contributed by atoms with Gasteiger partial charge in [-0.3, -0.25) is 0 Å². The first-order valence-corrected chi connectivity index (χ1v) is 0. The molecule has 0 aliphatic heterocycles. The molecule has 0 saturated carbocycles. The Kier molecular flexibility index (Phi) is 99.4. The number of hydrogen-bond donors (Lipinski definition) is 0. The van der Waals surface area contributed by atoms with Crippen molar-refractivity contribution in [2.24, 2.45) is 0 Å². The molecule has 0 amide bonds. The van der Waals surface area contributed by atoms with E-state index in [0.29, 0.717) is 0 Å². The summed E-state index contributed by atoms with van der Waals surface area (Å²) >= 11 is 0. The zero-order chi connectivity index (χ0) is 0. The maximum Gasteiger partial charge on any atom is 2.00 e. The SMILES string of the molecule is O.[Ca+2].[H-].[H-].[La].[Nd]. The number of hydrogen-bond acceptors (Lipinski definition) is 0. The van der Waals surface area contributed by atoms with Gasteiger partial charge in [-0.2, -0.15) is 0 Å². The molecule has 0 atom stereocenters. The molecule has 0 aromatic heterocycles. The van der Waals surface area contributed by atoms with E-state index < -0.39 is 0 Å². The van der Waals surface area contributed by atoms with Crippen LogP contribution >= 0.6 is 0 Å². The molecule has 0 aliphatic carbocycles. The first-order chi connectivity index (χ1) is 0. The molecule has 0 bridgehead atoms. The molecule has 2 N–H and O–H groups in total. The second kappa shape index (κ2) is 15.9. The topological polar surface area (TPSA) is 31.5 Å². The van der Waals surface area contributed by atoms with E-state index in [-0.39, 0.29) is 123 Å². The van der Waals surface area contributed by atoms with Crippen LogP contribution in [0.1, 0.15) is 2.85 Å². The van der Waals surface area contributed by atoms with Crippen LogP contribution in [-0.4, -0.2) is 43.2 Å². The fourth-order valence-corrected chi connectivity index (χ4v) is 0. The molecule has 0 spiro atoms. The first kappa shape index (κ1) is 25.1. The molecule has 0 rings (SSSR count). The largest absolute Gasteiger partial charge is 2.00 e. The summed E-state index contributed by atoms with van der Waals surface area (Å²) in [6.07, 6.45) is 0. The molecule has 0 aliphatic rings. The maximum absolute atomic E-state index is 0. The van der Waals surface area contributed by atoms with E-state index >= 15 is 0 Å². The third-order valence-electron chi connectivity index (χ3n) is 0. The smallest absolute Gasteiger partial charge is 1.00 e. The molecule has 0 heterocycles. The van der Waals surface area contributed by atoms with Gasteiger partial charge in [0.15, 0.2) is 0 Å². The Morgan fingerprint density at radius 1 is 1.25 bits per heavy atom. The van der Waals surface area contributed by atoms with Crippen LogP contribution in [0, 0.1) is 76.4 Å². The van der Waals surface area contributed by atoms with Crippen LogP contribution < -0.4 is 0 Å². The zero-order valence-corrected chi connectivity index (χ0v) is 11.3. The van der Waals surface area contributed by atoms with Gasteiger partial charge in [-0.05, 0) is 0 Å². The average molecular weight is 343 g/mol. The van der Waals surface area contributed by atoms with Gasteiger partial charge in [0.2, 0.25) is 0 Å². The molecule has 4 heteroatoms. The standard InChI is InChI=1S/Ca.La.Nd.H2O.2H/h;;;1H2;;/q+2;;;;2*-1. The first-order valence-electron chi connectivity index (χ1n) is 0. The molecule has 4 heavy (non-hydrogen) atoms. The van der Waals surface area contributed by atoms with Crippen LogP contribution in [0.15, 0.2) is 0 Å². The summed E-state index contributed by atoms with van der Waals surface area (Å²) in [6.45, 7) is 0. The molecule has 0 fully saturated rings. The van der Waals surface area contributed by atoms with E-state index in [9.17, 15) is 0 Å². The maximum atomic E-state index is 0. The van der Waals surface area contributed by atoms with E-state index in [0.717, 1.165) is 0 Å². The summed E-state index contributed by atoms with van der Waals surface area (Å²) in [5.41, 5.74) is 0. The van der Waals surface area contributed by atoms with Crippen molar-refractivity contribution in [2.75, 3.05) is 0 Å². The fourth-order valence-electron chi connectivity index (χ4n) is 0. The molecule has 0 aromatic carbocycles. The van der Waals surface area contributed by atoms with Crippen LogP contribution in [0.2, 0.25) is 0 Å². The van der Waals surface area contributed by atoms with Crippen molar-refractivity contribution in [3.8, 4) is 0 Å². The Balaban J connectivity index is 0. The second-order valence-electron chi connectivity index (χ2n) is 0. The summed E-state index contributed by atoms with van der Waals surface area (Å²) in [5.74, 6) is 0. The number of rotatable bonds is 0. The third kappa shape index (κ3) is 9.23. The van der Waals surface area contributed by atoms with Gasteiger partial charge in [0.05, 0.1) is 0 Å². The van der Waals surface area contributed by atoms with Gasteiger partial charge < -0.3 is 8.33 Å². The molecule has 1 nitrogen and oxygen atoms in total. The molecule has 1 radical (unpaired) electrons. The van der Waals surface area contributed by atoms with Crippen LogP contribution in [0.5, 0.6) is 0 Å². The van der Waals surface area contributed by atoms with Gasteiger partial charge in [0.25, 0.3) is 0 Å². The van der Waals surface area contributed by atoms with Crippen molar-refractivity contribution in [1.29, 1.82) is 0 Å². The Hall–Kier alpha value is 3.77. The van der Waals surface area contributed by atoms with Crippen LogP contribution in [-0.2, 0) is 0 Å². The third-order valence-corrected chi connectivity index (χ3v) is 0. The molecule has 0 saturated heterocycles. The van der Waals surface area contributed by atoms with E-state index in [4.69, 9.17) is 0 Å². The predicted octanol–water partition coefficient (Wildman–Crippen LogP) is -0.980. The Morgan fingerprint density at radius 3 is 1.25 bits per heavy atom. The minimum absolute atomic E-state index is 0. The molecule has 19 valence electrons. The van der Waals surface area contributed by atoms with Crippen LogP contribution in [0.25, 0.3) is 0 Å². The van der Waals surface area contributed by atoms with Gasteiger partial charge in [-0.15, -0.1) is 0 Å². The van der Waals surface area contributed by atoms with E-state index in [1.54, 1.807) is 0 Å². The fraction of sp³-hybridized carbons (Fsp3) is 0. The van der Waals surface area contributed by atoms with E-state index in [1.807, 2.05) is 0 Å². The molecular formula is H4CaLaNdO. The van der Waals surface area contributed by atoms with Gasteiger partial charge in [-0.25, -0.2) is 0 Å². The van der Waals surface area contributed by atoms with Crippen LogP contribution in [0.3, 0.4) is 0 Å². The monoisotopic (exact) mass is 341 g/mol. The molecular weight excluding hydrogens is 339 g/mol. The summed E-state index contributed by atoms with van der Waals surface area (Å²) in [7, 11) is 0. The van der Waals surface area contributed by atoms with Gasteiger partial charge >= 0.3 is 37.7 Å². The van der Waals surface area contributed by atoms with E-state index in [1.165, 1.54) is 0 Å². The van der Waals surface area contributed by atoms with Gasteiger partial charge in [0, 0.05) is 76.4 Å². The van der Waals surface area contributed by atoms with Crippen molar-refractivity contribution in [3.63, 3.8) is 0 Å². The minimum atomic E-state index is 0. The zero-order valence-electron chi connectivity index (χ0n) is 4.28. The molecule has 0 aromatic rings. The minimum Gasteiger partial charge on any atom is -1.00 e. The Labute approximate surface area is 119 Å². The van der Waals surface area contributed by atoms with Gasteiger partial charge in [0.1, 0.15) is 0 Å². The normalized spacial score (nSPS) is 0. The summed E-state index contributed by atoms with van der Waals surface area (Å²) in [5, 5.41) is 0. The quantitative estimate of drug-likeness (QED) is 0.507. The summed E-state index contributed by atoms with van der Waals surface area (Å²) in [6, 6.07) is 0. The van der Waals surface area contributed by atoms with Crippen molar-refractivity contribution < 1.29 is 84.8 Å². The van der Waals surface area contributed by atoms with Crippen molar-refractivity contribution in [2.45, 2.75) is 0 Å². The average Bonchev–Trinajstić information content (AvgIpc) is 0. The van der Waals surface area contributed by atoms with E-state index in [2.05, 4.69) is 0 Å². The summed E-state index contributed by atoms with van der Waals surface area (Å²) < 4.78 is 0. The Bertz CT molecular complexity index is 13.5. The predicted molar refractivity (Wildman–Crippen MR) is 11.6 cm³/mol. The molecule has 0 unspecified atom stereocenters. The van der Waals surface area contributed by atoms with Gasteiger partial charge in [-0.1, -0.05) is 0 Å². The van der Waals surface area contributed by atoms with Crippen molar-refractivity contribution in [1.82, 2.24) is 0 Å².